The molecule has 0 bridgehead atoms. The average Bonchev–Trinajstić information content (AvgIpc) is 2.83. The molecular weight excluding hydrogens is 440 g/mol. The lowest BCUT2D eigenvalue weighted by molar-refractivity contribution is 0.155. The zero-order valence-electron chi connectivity index (χ0n) is 20.0. The Labute approximate surface area is 198 Å². The molecule has 8 heteroatoms. The Bertz CT molecular complexity index is 1000. The number of nitrogens with one attached hydrogen (secondary N) is 1. The van der Waals surface area contributed by atoms with Crippen molar-refractivity contribution >= 4 is 10.0 Å². The molecule has 0 unspecified atom stereocenters. The molecule has 33 heavy (non-hydrogen) atoms. The fourth-order valence-electron chi connectivity index (χ4n) is 4.09. The van der Waals surface area contributed by atoms with E-state index in [-0.39, 0.29) is 4.90 Å². The van der Waals surface area contributed by atoms with E-state index in [2.05, 4.69) is 29.5 Å². The lowest BCUT2D eigenvalue weighted by Crippen LogP contribution is -2.40. The Morgan fingerprint density at radius 1 is 1.03 bits per heavy atom. The van der Waals surface area contributed by atoms with Gasteiger partial charge in [0.25, 0.3) is 0 Å². The number of nitrogens with zero attached hydrogens (tertiary/aromatic N) is 1. The highest BCUT2D eigenvalue weighted by Crippen LogP contribution is 2.29. The number of sulfonamides is 1. The molecule has 0 aliphatic carbocycles. The molecule has 0 aromatic heterocycles. The molecule has 2 aromatic carbocycles. The minimum Gasteiger partial charge on any atom is -0.497 e. The molecule has 7 nitrogen and oxygen atoms in total. The fraction of sp³-hybridized carbons (Fsp3) is 0.520. The Balaban J connectivity index is 1.45. The van der Waals surface area contributed by atoms with E-state index >= 15 is 0 Å². The molecule has 3 rings (SSSR count). The summed E-state index contributed by atoms with van der Waals surface area (Å²) in [5.41, 5.74) is 1.23. The Morgan fingerprint density at radius 3 is 2.42 bits per heavy atom. The van der Waals surface area contributed by atoms with Crippen molar-refractivity contribution in [1.82, 2.24) is 9.62 Å². The van der Waals surface area contributed by atoms with Crippen molar-refractivity contribution in [3.05, 3.63) is 48.0 Å². The summed E-state index contributed by atoms with van der Waals surface area (Å²) in [4.78, 5) is 2.48. The van der Waals surface area contributed by atoms with Crippen LogP contribution in [-0.2, 0) is 10.0 Å². The zero-order valence-corrected chi connectivity index (χ0v) is 20.9. The van der Waals surface area contributed by atoms with Gasteiger partial charge in [-0.25, -0.2) is 13.1 Å². The molecule has 1 aliphatic heterocycles. The smallest absolute Gasteiger partial charge is 0.244 e. The molecule has 1 heterocycles. The van der Waals surface area contributed by atoms with E-state index in [9.17, 15) is 8.42 Å². The maximum atomic E-state index is 12.9. The van der Waals surface area contributed by atoms with Crippen molar-refractivity contribution in [1.29, 1.82) is 0 Å². The monoisotopic (exact) mass is 476 g/mol. The van der Waals surface area contributed by atoms with Gasteiger partial charge in [-0.15, -0.1) is 0 Å². The highest BCUT2D eigenvalue weighted by atomic mass is 32.2. The van der Waals surface area contributed by atoms with Gasteiger partial charge in [0.15, 0.2) is 0 Å². The number of hydrogen-bond donors (Lipinski definition) is 1. The van der Waals surface area contributed by atoms with Gasteiger partial charge in [0.1, 0.15) is 28.8 Å². The zero-order chi connectivity index (χ0) is 23.8. The Hall–Kier alpha value is -2.29. The molecule has 1 saturated heterocycles. The fourth-order valence-corrected chi connectivity index (χ4v) is 5.39. The summed E-state index contributed by atoms with van der Waals surface area (Å²) in [5.74, 6) is 2.47. The highest BCUT2D eigenvalue weighted by molar-refractivity contribution is 7.89. The second-order valence-electron chi connectivity index (χ2n) is 8.69. The lowest BCUT2D eigenvalue weighted by atomic mass is 9.97. The summed E-state index contributed by atoms with van der Waals surface area (Å²) < 4.78 is 44.9. The highest BCUT2D eigenvalue weighted by Gasteiger charge is 2.24. The van der Waals surface area contributed by atoms with E-state index in [1.165, 1.54) is 25.8 Å². The summed E-state index contributed by atoms with van der Waals surface area (Å²) in [5, 5.41) is 0. The van der Waals surface area contributed by atoms with Crippen molar-refractivity contribution in [2.45, 2.75) is 37.5 Å². The van der Waals surface area contributed by atoms with Crippen LogP contribution in [0, 0.1) is 5.92 Å². The van der Waals surface area contributed by atoms with E-state index in [0.717, 1.165) is 38.2 Å². The topological polar surface area (TPSA) is 77.1 Å². The molecule has 1 aliphatic rings. The summed E-state index contributed by atoms with van der Waals surface area (Å²) >= 11 is 0. The van der Waals surface area contributed by atoms with Crippen LogP contribution in [0.4, 0.5) is 0 Å². The number of hydrogen-bond acceptors (Lipinski definition) is 6. The molecule has 1 N–H and O–H groups in total. The molecule has 1 fully saturated rings. The number of benzene rings is 2. The first-order chi connectivity index (χ1) is 15.8. The van der Waals surface area contributed by atoms with E-state index in [1.807, 2.05) is 18.2 Å². The van der Waals surface area contributed by atoms with Crippen LogP contribution in [0.3, 0.4) is 0 Å². The first-order valence-corrected chi connectivity index (χ1v) is 13.0. The molecule has 0 spiro atoms. The molecule has 0 radical (unpaired) electrons. The number of ether oxygens (including phenoxy) is 3. The van der Waals surface area contributed by atoms with Crippen LogP contribution >= 0.6 is 0 Å². The van der Waals surface area contributed by atoms with Crippen molar-refractivity contribution in [2.24, 2.45) is 5.92 Å². The van der Waals surface area contributed by atoms with Gasteiger partial charge >= 0.3 is 0 Å². The number of piperidine rings is 1. The SMILES string of the molecule is COc1ccc(OC)c(S(=O)(=O)NCC2CCN(CCOc3ccccc3C(C)C)CC2)c1. The van der Waals surface area contributed by atoms with Crippen LogP contribution < -0.4 is 18.9 Å². The summed E-state index contributed by atoms with van der Waals surface area (Å²) in [6.45, 7) is 8.14. The van der Waals surface area contributed by atoms with Crippen molar-refractivity contribution in [3.8, 4) is 17.2 Å². The third-order valence-electron chi connectivity index (χ3n) is 6.14. The van der Waals surface area contributed by atoms with Crippen molar-refractivity contribution in [3.63, 3.8) is 0 Å². The van der Waals surface area contributed by atoms with Gasteiger partial charge < -0.3 is 14.2 Å². The van der Waals surface area contributed by atoms with Gasteiger partial charge in [0, 0.05) is 19.2 Å². The van der Waals surface area contributed by atoms with Crippen molar-refractivity contribution in [2.75, 3.05) is 47.0 Å². The van der Waals surface area contributed by atoms with E-state index in [1.54, 1.807) is 12.1 Å². The van der Waals surface area contributed by atoms with Gasteiger partial charge in [-0.2, -0.15) is 0 Å². The number of likely N-dealkylation sites (tertiary alicyclic amines) is 1. The van der Waals surface area contributed by atoms with Crippen LogP contribution in [0.1, 0.15) is 38.2 Å². The third kappa shape index (κ3) is 6.85. The second kappa shape index (κ2) is 11.7. The predicted octanol–water partition coefficient (Wildman–Crippen LogP) is 3.90. The molecule has 182 valence electrons. The van der Waals surface area contributed by atoms with Gasteiger partial charge in [0.2, 0.25) is 10.0 Å². The Kier molecular flexibility index (Phi) is 9.00. The summed E-state index contributed by atoms with van der Waals surface area (Å²) in [7, 11) is -0.726. The standard InChI is InChI=1S/C25H36N2O5S/c1-19(2)22-7-5-6-8-23(22)32-16-15-27-13-11-20(12-14-27)18-26-33(28,29)25-17-21(30-3)9-10-24(25)31-4/h5-10,17,19-20,26H,11-16,18H2,1-4H3. The largest absolute Gasteiger partial charge is 0.497 e. The summed E-state index contributed by atoms with van der Waals surface area (Å²) in [6.07, 6.45) is 1.89. The van der Waals surface area contributed by atoms with E-state index in [0.29, 0.717) is 36.5 Å². The number of methoxy groups -OCH3 is 2. The molecule has 0 saturated carbocycles. The lowest BCUT2D eigenvalue weighted by Gasteiger charge is -2.32. The van der Waals surface area contributed by atoms with Crippen LogP contribution in [0.5, 0.6) is 17.2 Å². The first kappa shape index (κ1) is 25.3. The maximum absolute atomic E-state index is 12.9. The Morgan fingerprint density at radius 2 is 1.76 bits per heavy atom. The molecular formula is C25H36N2O5S. The average molecular weight is 477 g/mol. The van der Waals surface area contributed by atoms with E-state index in [4.69, 9.17) is 14.2 Å². The van der Waals surface area contributed by atoms with Crippen LogP contribution in [0.25, 0.3) is 0 Å². The molecule has 2 aromatic rings. The maximum Gasteiger partial charge on any atom is 0.244 e. The summed E-state index contributed by atoms with van der Waals surface area (Å²) in [6, 6.07) is 13.0. The minimum absolute atomic E-state index is 0.0978. The van der Waals surface area contributed by atoms with E-state index < -0.39 is 10.0 Å². The third-order valence-corrected chi connectivity index (χ3v) is 7.58. The quantitative estimate of drug-likeness (QED) is 0.530. The molecule has 0 atom stereocenters. The number of para-hydroxylation sites is 1. The number of rotatable bonds is 11. The van der Waals surface area contributed by atoms with Gasteiger partial charge in [-0.3, -0.25) is 4.90 Å². The van der Waals surface area contributed by atoms with Crippen LogP contribution in [-0.4, -0.2) is 60.3 Å². The second-order valence-corrected chi connectivity index (χ2v) is 10.4. The van der Waals surface area contributed by atoms with Crippen LogP contribution in [0.2, 0.25) is 0 Å². The van der Waals surface area contributed by atoms with Gasteiger partial charge in [-0.1, -0.05) is 32.0 Å². The normalized spacial score (nSPS) is 15.5. The predicted molar refractivity (Wildman–Crippen MR) is 130 cm³/mol. The van der Waals surface area contributed by atoms with Gasteiger partial charge in [0.05, 0.1) is 14.2 Å². The first-order valence-electron chi connectivity index (χ1n) is 11.5. The van der Waals surface area contributed by atoms with Crippen LogP contribution in [0.15, 0.2) is 47.4 Å². The van der Waals surface area contributed by atoms with Crippen molar-refractivity contribution < 1.29 is 22.6 Å². The molecule has 0 amide bonds. The minimum atomic E-state index is -3.69. The van der Waals surface area contributed by atoms with Gasteiger partial charge in [-0.05, 0) is 61.5 Å².